The molecule has 3 aromatic rings. The summed E-state index contributed by atoms with van der Waals surface area (Å²) in [6, 6.07) is 6.38. The number of unbranched alkanes of at least 4 members (excludes halogenated alkanes) is 2. The number of anilines is 1. The lowest BCUT2D eigenvalue weighted by Gasteiger charge is -2.28. The summed E-state index contributed by atoms with van der Waals surface area (Å²) in [5.74, 6) is -2.30. The van der Waals surface area contributed by atoms with Gasteiger partial charge in [0.25, 0.3) is 11.5 Å². The van der Waals surface area contributed by atoms with Gasteiger partial charge in [-0.25, -0.2) is 4.98 Å². The van der Waals surface area contributed by atoms with Crippen molar-refractivity contribution in [1.82, 2.24) is 9.66 Å². The Morgan fingerprint density at radius 3 is 2.04 bits per heavy atom. The van der Waals surface area contributed by atoms with Crippen molar-refractivity contribution in [3.63, 3.8) is 0 Å². The van der Waals surface area contributed by atoms with E-state index in [2.05, 4.69) is 58.2 Å². The fourth-order valence-electron chi connectivity index (χ4n) is 5.63. The molecule has 0 spiro atoms. The van der Waals surface area contributed by atoms with Crippen molar-refractivity contribution in [3.05, 3.63) is 60.1 Å². The highest BCUT2D eigenvalue weighted by Gasteiger charge is 2.34. The number of carbonyl (C=O) groups excluding carboxylic acids is 2. The molecule has 0 saturated heterocycles. The molecule has 9 nitrogen and oxygen atoms in total. The lowest BCUT2D eigenvalue weighted by atomic mass is 9.91. The highest BCUT2D eigenvalue weighted by atomic mass is 32.1. The summed E-state index contributed by atoms with van der Waals surface area (Å²) in [4.78, 5) is 48.9. The molecule has 1 aromatic carbocycles. The maximum atomic E-state index is 14.3. The van der Waals surface area contributed by atoms with Crippen LogP contribution >= 0.6 is 11.3 Å². The van der Waals surface area contributed by atoms with Crippen LogP contribution in [0.3, 0.4) is 0 Å². The lowest BCUT2D eigenvalue weighted by Crippen LogP contribution is -2.58. The van der Waals surface area contributed by atoms with Crippen molar-refractivity contribution >= 4 is 40.9 Å². The van der Waals surface area contributed by atoms with Gasteiger partial charge in [0.05, 0.1) is 15.8 Å². The molecule has 1 N–H and O–H groups in total. The maximum absolute atomic E-state index is 14.3. The number of carbonyl (C=O) groups is 2. The molecule has 48 heavy (non-hydrogen) atoms. The van der Waals surface area contributed by atoms with E-state index in [1.54, 1.807) is 26.8 Å². The van der Waals surface area contributed by atoms with Crippen LogP contribution in [-0.4, -0.2) is 39.7 Å². The number of nitrogens with zero attached hydrogens (tertiary/aromatic N) is 5. The smallest absolute Gasteiger partial charge is 0.280 e. The van der Waals surface area contributed by atoms with Crippen molar-refractivity contribution in [2.75, 3.05) is 23.0 Å². The Balaban J connectivity index is 2.56. The summed E-state index contributed by atoms with van der Waals surface area (Å²) in [6.07, 6.45) is 8.20. The molecule has 0 unspecified atom stereocenters. The molecule has 2 amide bonds. The van der Waals surface area contributed by atoms with Gasteiger partial charge in [0.1, 0.15) is 11.6 Å². The first-order valence-corrected chi connectivity index (χ1v) is 17.9. The zero-order chi connectivity index (χ0) is 35.9. The summed E-state index contributed by atoms with van der Waals surface area (Å²) in [7, 11) is 0. The quantitative estimate of drug-likeness (QED) is 0.239. The molecular weight excluding hydrogens is 623 g/mol. The normalized spacial score (nSPS) is 11.9. The molecule has 0 aliphatic carbocycles. The fraction of sp³-hybridized carbons (Fsp3) is 0.500. The van der Waals surface area contributed by atoms with Crippen LogP contribution in [0.1, 0.15) is 115 Å². The van der Waals surface area contributed by atoms with Crippen molar-refractivity contribution in [2.24, 2.45) is 5.41 Å². The van der Waals surface area contributed by atoms with Crippen LogP contribution in [0.25, 0.3) is 23.9 Å². The number of pyridine rings is 1. The van der Waals surface area contributed by atoms with Crippen LogP contribution < -0.4 is 25.9 Å². The van der Waals surface area contributed by atoms with Crippen LogP contribution in [-0.2, 0) is 28.9 Å². The first-order chi connectivity index (χ1) is 22.7. The Bertz CT molecular complexity index is 1840. The minimum atomic E-state index is -1.07. The second-order valence-corrected chi connectivity index (χ2v) is 14.1. The van der Waals surface area contributed by atoms with E-state index in [1.807, 2.05) is 6.07 Å². The van der Waals surface area contributed by atoms with E-state index in [1.165, 1.54) is 16.9 Å². The molecule has 0 saturated carbocycles. The van der Waals surface area contributed by atoms with Crippen molar-refractivity contribution in [2.45, 2.75) is 107 Å². The average molecular weight is 674 g/mol. The Labute approximate surface area is 288 Å². The van der Waals surface area contributed by atoms with Gasteiger partial charge in [0.15, 0.2) is 5.13 Å². The molecule has 0 fully saturated rings. The van der Waals surface area contributed by atoms with E-state index in [4.69, 9.17) is 4.98 Å². The molecule has 0 aliphatic rings. The molecule has 0 bridgehead atoms. The predicted molar refractivity (Wildman–Crippen MR) is 196 cm³/mol. The maximum Gasteiger partial charge on any atom is 0.280 e. The summed E-state index contributed by atoms with van der Waals surface area (Å²) >= 11 is 1.46. The standard InChI is InChI=1S/C38H51N5O4S/c1-11-16-18-41(19-17-12-2)37-40-33(32-27(14-4)20-26(13-3)21-28(32)15-5)31(48-37)22-29-24(6)30(23-39)35(46)43(34(29)45)42(25(7)44)36(47)38(8,9)10/h20-22,46H,6,11-19H2,1-5,7-10H3/b29-22-. The average Bonchev–Trinajstić information content (AvgIpc) is 3.46. The predicted octanol–water partition coefficient (Wildman–Crippen LogP) is 5.94. The third kappa shape index (κ3) is 7.90. The van der Waals surface area contributed by atoms with Crippen LogP contribution in [0.2, 0.25) is 0 Å². The summed E-state index contributed by atoms with van der Waals surface area (Å²) in [6.45, 7) is 22.4. The SMILES string of the molecule is C=c1c(C#N)c(O)n(N(C(C)=O)C(=O)C(C)(C)C)c(=O)/c1=C\c1sc(N(CCCC)CCCC)nc1-c1c(CC)cc(CC)cc1CC. The number of imide groups is 1. The van der Waals surface area contributed by atoms with Crippen LogP contribution in [0.4, 0.5) is 5.13 Å². The van der Waals surface area contributed by atoms with Crippen molar-refractivity contribution in [1.29, 1.82) is 5.26 Å². The Morgan fingerprint density at radius 2 is 1.60 bits per heavy atom. The van der Waals surface area contributed by atoms with Gasteiger partial charge in [-0.1, -0.05) is 98.3 Å². The molecule has 2 heterocycles. The summed E-state index contributed by atoms with van der Waals surface area (Å²) in [5, 5.41) is 22.7. The molecule has 258 valence electrons. The number of nitriles is 1. The van der Waals surface area contributed by atoms with E-state index in [-0.39, 0.29) is 16.0 Å². The Morgan fingerprint density at radius 1 is 1.04 bits per heavy atom. The largest absolute Gasteiger partial charge is 0.492 e. The number of aromatic hydroxyl groups is 1. The highest BCUT2D eigenvalue weighted by molar-refractivity contribution is 7.16. The number of aryl methyl sites for hydroxylation is 3. The van der Waals surface area contributed by atoms with Gasteiger partial charge in [0.2, 0.25) is 11.8 Å². The topological polar surface area (TPSA) is 120 Å². The van der Waals surface area contributed by atoms with Crippen molar-refractivity contribution in [3.8, 4) is 23.2 Å². The number of amides is 2. The monoisotopic (exact) mass is 673 g/mol. The molecule has 3 rings (SSSR count). The summed E-state index contributed by atoms with van der Waals surface area (Å²) in [5.41, 5.74) is 3.09. The van der Waals surface area contributed by atoms with Crippen LogP contribution in [0.15, 0.2) is 16.9 Å². The molecule has 0 radical (unpaired) electrons. The van der Waals surface area contributed by atoms with Gasteiger partial charge in [-0.15, -0.1) is 0 Å². The second-order valence-electron chi connectivity index (χ2n) is 13.1. The second kappa shape index (κ2) is 16.2. The van der Waals surface area contributed by atoms with Gasteiger partial charge < -0.3 is 10.0 Å². The molecule has 10 heteroatoms. The van der Waals surface area contributed by atoms with Gasteiger partial charge in [-0.2, -0.15) is 14.9 Å². The van der Waals surface area contributed by atoms with Crippen LogP contribution in [0, 0.1) is 16.7 Å². The lowest BCUT2D eigenvalue weighted by molar-refractivity contribution is -0.133. The molecule has 0 atom stereocenters. The molecule has 2 aromatic heterocycles. The van der Waals surface area contributed by atoms with E-state index >= 15 is 0 Å². The Kier molecular flexibility index (Phi) is 12.9. The zero-order valence-corrected chi connectivity index (χ0v) is 30.9. The van der Waals surface area contributed by atoms with E-state index in [0.29, 0.717) is 14.6 Å². The molecule has 0 aliphatic heterocycles. The summed E-state index contributed by atoms with van der Waals surface area (Å²) < 4.78 is 0.608. The number of rotatable bonds is 13. The number of hydrogen-bond acceptors (Lipinski definition) is 8. The minimum absolute atomic E-state index is 0.00504. The highest BCUT2D eigenvalue weighted by Crippen LogP contribution is 2.38. The first kappa shape index (κ1) is 38.2. The zero-order valence-electron chi connectivity index (χ0n) is 30.1. The van der Waals surface area contributed by atoms with Gasteiger partial charge in [-0.05, 0) is 54.9 Å². The fourth-order valence-corrected chi connectivity index (χ4v) is 6.70. The van der Waals surface area contributed by atoms with E-state index < -0.39 is 28.7 Å². The van der Waals surface area contributed by atoms with E-state index in [9.17, 15) is 24.8 Å². The van der Waals surface area contributed by atoms with Crippen molar-refractivity contribution < 1.29 is 14.7 Å². The van der Waals surface area contributed by atoms with Gasteiger partial charge >= 0.3 is 0 Å². The minimum Gasteiger partial charge on any atom is -0.492 e. The Hall–Kier alpha value is -4.23. The number of thiazole rings is 1. The third-order valence-electron chi connectivity index (χ3n) is 8.44. The van der Waals surface area contributed by atoms with E-state index in [0.717, 1.165) is 92.5 Å². The number of benzene rings is 1. The van der Waals surface area contributed by atoms with Gasteiger partial charge in [-0.3, -0.25) is 14.4 Å². The number of aromatic nitrogens is 2. The molecular formula is C38H51N5O4S. The number of hydrogen-bond donors (Lipinski definition) is 1. The van der Waals surface area contributed by atoms with Gasteiger partial charge in [0, 0.05) is 36.2 Å². The third-order valence-corrected chi connectivity index (χ3v) is 9.50. The first-order valence-electron chi connectivity index (χ1n) is 17.0. The van der Waals surface area contributed by atoms with Crippen LogP contribution in [0.5, 0.6) is 5.88 Å².